The highest BCUT2D eigenvalue weighted by Gasteiger charge is 2.34. The van der Waals surface area contributed by atoms with Gasteiger partial charge in [-0.3, -0.25) is 4.79 Å². The van der Waals surface area contributed by atoms with Crippen molar-refractivity contribution < 1.29 is 28.9 Å². The smallest absolute Gasteiger partial charge is 0.251 e. The van der Waals surface area contributed by atoms with Crippen molar-refractivity contribution in [3.8, 4) is 23.2 Å². The maximum absolute atomic E-state index is 14.8. The molecule has 1 unspecified atom stereocenters. The normalized spacial score (nSPS) is 21.9. The van der Waals surface area contributed by atoms with Crippen molar-refractivity contribution >= 4 is 23.2 Å². The van der Waals surface area contributed by atoms with Gasteiger partial charge in [-0.05, 0) is 49.4 Å². The number of nitrogens with one attached hydrogen (secondary N) is 1. The first kappa shape index (κ1) is 30.1. The van der Waals surface area contributed by atoms with Gasteiger partial charge >= 0.3 is 0 Å². The lowest BCUT2D eigenvalue weighted by atomic mass is 10.0. The molecular weight excluding hydrogens is 559 g/mol. The fraction of sp³-hybridized carbons (Fsp3) is 0.414. The number of anilines is 3. The SMILES string of the molecule is C[C@H](O)C(=O)N1CC[C@H](Oc2ccc(-c3ncnc(Nc4ccc(N5CCO[C@H](C(N)O)C5)cc4)n3)cc2C#N)[C@H](F)C1. The first-order valence-corrected chi connectivity index (χ1v) is 13.9. The minimum atomic E-state index is -1.47. The largest absolute Gasteiger partial charge is 0.486 e. The van der Waals surface area contributed by atoms with Crippen LogP contribution in [-0.2, 0) is 9.53 Å². The summed E-state index contributed by atoms with van der Waals surface area (Å²) in [6.07, 6.45) is -3.43. The molecule has 0 radical (unpaired) electrons. The minimum Gasteiger partial charge on any atom is -0.486 e. The molecule has 0 aliphatic carbocycles. The van der Waals surface area contributed by atoms with Crippen LogP contribution >= 0.6 is 0 Å². The molecule has 2 aromatic carbocycles. The van der Waals surface area contributed by atoms with Gasteiger partial charge in [-0.25, -0.2) is 14.4 Å². The monoisotopic (exact) mass is 592 g/mol. The summed E-state index contributed by atoms with van der Waals surface area (Å²) in [6.45, 7) is 3.03. The molecule has 3 heterocycles. The van der Waals surface area contributed by atoms with Crippen LogP contribution in [-0.4, -0.2) is 99.5 Å². The Morgan fingerprint density at radius 2 is 2.00 bits per heavy atom. The molecule has 0 saturated carbocycles. The lowest BCUT2D eigenvalue weighted by Crippen LogP contribution is -2.51. The fourth-order valence-corrected chi connectivity index (χ4v) is 5.00. The molecule has 0 spiro atoms. The number of aromatic nitrogens is 3. The van der Waals surface area contributed by atoms with Crippen LogP contribution in [0.4, 0.5) is 21.7 Å². The van der Waals surface area contributed by atoms with Gasteiger partial charge in [0.15, 0.2) is 12.0 Å². The van der Waals surface area contributed by atoms with Gasteiger partial charge in [-0.15, -0.1) is 0 Å². The zero-order valence-electron chi connectivity index (χ0n) is 23.5. The number of ether oxygens (including phenoxy) is 2. The van der Waals surface area contributed by atoms with Crippen molar-refractivity contribution in [2.75, 3.05) is 43.0 Å². The van der Waals surface area contributed by atoms with Crippen molar-refractivity contribution in [1.29, 1.82) is 5.26 Å². The standard InChI is InChI=1S/C29H33FN8O5/c1-17(39)28(41)38-9-8-24(22(30)14-38)43-23-7-2-18(12-19(23)13-31)27-33-16-34-29(36-27)35-20-3-5-21(6-4-20)37-10-11-42-25(15-37)26(32)40/h2-7,12,16-17,22,24-26,39-40H,8-11,14-15,32H2,1H3,(H,33,34,35,36)/t17-,22+,24-,25-,26?/m0/s1. The Bertz CT molecular complexity index is 1470. The van der Waals surface area contributed by atoms with E-state index in [2.05, 4.69) is 31.2 Å². The molecule has 5 rings (SSSR count). The summed E-state index contributed by atoms with van der Waals surface area (Å²) in [4.78, 5) is 28.3. The van der Waals surface area contributed by atoms with Gasteiger partial charge in [0.2, 0.25) is 5.95 Å². The number of aliphatic hydroxyl groups is 2. The molecule has 0 bridgehead atoms. The summed E-state index contributed by atoms with van der Waals surface area (Å²) >= 11 is 0. The van der Waals surface area contributed by atoms with Crippen LogP contribution in [0, 0.1) is 11.3 Å². The quantitative estimate of drug-likeness (QED) is 0.276. The summed E-state index contributed by atoms with van der Waals surface area (Å²) in [5.74, 6) is 0.314. The molecular formula is C29H33FN8O5. The van der Waals surface area contributed by atoms with Gasteiger partial charge in [0, 0.05) is 43.0 Å². The van der Waals surface area contributed by atoms with Crippen LogP contribution in [0.2, 0.25) is 0 Å². The molecule has 13 nitrogen and oxygen atoms in total. The van der Waals surface area contributed by atoms with E-state index < -0.39 is 36.6 Å². The predicted octanol–water partition coefficient (Wildman–Crippen LogP) is 1.33. The van der Waals surface area contributed by atoms with Gasteiger partial charge in [-0.1, -0.05) is 0 Å². The third-order valence-corrected chi connectivity index (χ3v) is 7.32. The van der Waals surface area contributed by atoms with Crippen LogP contribution in [0.1, 0.15) is 18.9 Å². The Morgan fingerprint density at radius 1 is 1.21 bits per heavy atom. The van der Waals surface area contributed by atoms with Gasteiger partial charge < -0.3 is 40.5 Å². The van der Waals surface area contributed by atoms with E-state index in [0.717, 1.165) is 11.4 Å². The Hall–Kier alpha value is -4.42. The molecule has 43 heavy (non-hydrogen) atoms. The minimum absolute atomic E-state index is 0.185. The maximum Gasteiger partial charge on any atom is 0.251 e. The number of benzene rings is 2. The van der Waals surface area contributed by atoms with E-state index in [1.807, 2.05) is 24.3 Å². The number of likely N-dealkylation sites (tertiary alicyclic amines) is 1. The highest BCUT2D eigenvalue weighted by Crippen LogP contribution is 2.29. The lowest BCUT2D eigenvalue weighted by Gasteiger charge is -2.35. The number of morpholine rings is 1. The van der Waals surface area contributed by atoms with E-state index in [4.69, 9.17) is 15.2 Å². The highest BCUT2D eigenvalue weighted by atomic mass is 19.1. The molecule has 2 fully saturated rings. The summed E-state index contributed by atoms with van der Waals surface area (Å²) in [5, 5.41) is 32.1. The van der Waals surface area contributed by atoms with Crippen LogP contribution in [0.5, 0.6) is 5.75 Å². The number of nitriles is 1. The number of halogens is 1. The zero-order chi connectivity index (χ0) is 30.5. The van der Waals surface area contributed by atoms with Crippen molar-refractivity contribution in [3.63, 3.8) is 0 Å². The van der Waals surface area contributed by atoms with Gasteiger partial charge in [0.05, 0.1) is 18.7 Å². The highest BCUT2D eigenvalue weighted by molar-refractivity contribution is 5.80. The fourth-order valence-electron chi connectivity index (χ4n) is 5.00. The average molecular weight is 593 g/mol. The van der Waals surface area contributed by atoms with Crippen molar-refractivity contribution in [2.24, 2.45) is 5.73 Å². The molecule has 226 valence electrons. The number of nitrogens with zero attached hydrogens (tertiary/aromatic N) is 6. The molecule has 3 aromatic rings. The molecule has 5 atom stereocenters. The van der Waals surface area contributed by atoms with Gasteiger partial charge in [0.25, 0.3) is 5.91 Å². The van der Waals surface area contributed by atoms with E-state index in [1.165, 1.54) is 18.2 Å². The van der Waals surface area contributed by atoms with Crippen molar-refractivity contribution in [2.45, 2.75) is 44.1 Å². The first-order chi connectivity index (χ1) is 20.7. The number of carbonyl (C=O) groups excluding carboxylic acids is 1. The zero-order valence-corrected chi connectivity index (χ0v) is 23.5. The van der Waals surface area contributed by atoms with Crippen LogP contribution in [0.3, 0.4) is 0 Å². The summed E-state index contributed by atoms with van der Waals surface area (Å²) < 4.78 is 26.2. The molecule has 14 heteroatoms. The third kappa shape index (κ3) is 7.15. The van der Waals surface area contributed by atoms with Crippen molar-refractivity contribution in [1.82, 2.24) is 19.9 Å². The number of amides is 1. The van der Waals surface area contributed by atoms with Gasteiger partial charge in [-0.2, -0.15) is 10.2 Å². The molecule has 1 amide bonds. The number of hydrogen-bond donors (Lipinski definition) is 4. The van der Waals surface area contributed by atoms with Crippen molar-refractivity contribution in [3.05, 3.63) is 54.4 Å². The molecule has 2 aliphatic heterocycles. The topological polar surface area (TPSA) is 183 Å². The Morgan fingerprint density at radius 3 is 2.70 bits per heavy atom. The number of carbonyl (C=O) groups is 1. The Balaban J connectivity index is 1.24. The summed E-state index contributed by atoms with van der Waals surface area (Å²) in [6, 6.07) is 14.5. The predicted molar refractivity (Wildman–Crippen MR) is 154 cm³/mol. The van der Waals surface area contributed by atoms with E-state index in [0.29, 0.717) is 37.0 Å². The van der Waals surface area contributed by atoms with Crippen LogP contribution < -0.4 is 20.7 Å². The van der Waals surface area contributed by atoms with Gasteiger partial charge in [0.1, 0.15) is 42.7 Å². The number of piperidine rings is 1. The number of hydrogen-bond acceptors (Lipinski definition) is 12. The maximum atomic E-state index is 14.8. The summed E-state index contributed by atoms with van der Waals surface area (Å²) in [7, 11) is 0. The number of aliphatic hydroxyl groups excluding tert-OH is 2. The second kappa shape index (κ2) is 13.3. The van der Waals surface area contributed by atoms with E-state index in [1.54, 1.807) is 18.2 Å². The number of nitrogens with two attached hydrogens (primary N) is 1. The molecule has 2 aliphatic rings. The second-order valence-corrected chi connectivity index (χ2v) is 10.4. The van der Waals surface area contributed by atoms with E-state index in [-0.39, 0.29) is 30.8 Å². The summed E-state index contributed by atoms with van der Waals surface area (Å²) in [5.41, 5.74) is 8.01. The molecule has 1 aromatic heterocycles. The average Bonchev–Trinajstić information content (AvgIpc) is 3.02. The Kier molecular flexibility index (Phi) is 9.27. The number of rotatable bonds is 8. The lowest BCUT2D eigenvalue weighted by molar-refractivity contribution is -0.143. The van der Waals surface area contributed by atoms with Crippen LogP contribution in [0.25, 0.3) is 11.4 Å². The number of alkyl halides is 1. The van der Waals surface area contributed by atoms with Crippen LogP contribution in [0.15, 0.2) is 48.8 Å². The first-order valence-electron chi connectivity index (χ1n) is 13.9. The molecule has 5 N–H and O–H groups in total. The Labute approximate surface area is 247 Å². The van der Waals surface area contributed by atoms with E-state index >= 15 is 0 Å². The molecule has 2 saturated heterocycles. The van der Waals surface area contributed by atoms with E-state index in [9.17, 15) is 24.7 Å². The third-order valence-electron chi connectivity index (χ3n) is 7.32. The second-order valence-electron chi connectivity index (χ2n) is 10.4.